The summed E-state index contributed by atoms with van der Waals surface area (Å²) in [7, 11) is 3.21. The number of methoxy groups -OCH3 is 2. The number of aromatic nitrogens is 1. The molecule has 0 aliphatic carbocycles. The van der Waals surface area contributed by atoms with Gasteiger partial charge in [0.05, 0.1) is 19.1 Å². The number of rotatable bonds is 10. The second-order valence-electron chi connectivity index (χ2n) is 11.2. The monoisotopic (exact) mass is 607 g/mol. The average molecular weight is 608 g/mol. The zero-order valence-electron chi connectivity index (χ0n) is 26.8. The highest BCUT2D eigenvalue weighted by molar-refractivity contribution is 5.74. The summed E-state index contributed by atoms with van der Waals surface area (Å²) < 4.78 is 16.1. The standard InChI is InChI=1S/C31H39N5O6.C2H6/c1-31(2,3)42-30(37)34-18-6-7-24(21-34)33-27-16-17-32-29(28(27)36(38)39)35(19-22-8-12-25(40-4)13-9-22)20-23-10-14-26(41-5)15-11-23;1-2/h8-17,24H,6-7,18-21H2,1-5H3,(H,32,33);1-2H3. The number of ether oxygens (including phenoxy) is 3. The Hall–Kier alpha value is -4.54. The number of nitro groups is 1. The van der Waals surface area contributed by atoms with Crippen molar-refractivity contribution in [3.05, 3.63) is 82.0 Å². The lowest BCUT2D eigenvalue weighted by Gasteiger charge is -2.34. The predicted molar refractivity (Wildman–Crippen MR) is 173 cm³/mol. The molecule has 11 heteroatoms. The number of nitrogens with one attached hydrogen (secondary N) is 1. The van der Waals surface area contributed by atoms with Gasteiger partial charge >= 0.3 is 11.8 Å². The molecule has 1 atom stereocenters. The van der Waals surface area contributed by atoms with E-state index < -0.39 is 10.5 Å². The molecule has 11 nitrogen and oxygen atoms in total. The van der Waals surface area contributed by atoms with Gasteiger partial charge in [-0.1, -0.05) is 38.1 Å². The van der Waals surface area contributed by atoms with E-state index in [-0.39, 0.29) is 23.6 Å². The Morgan fingerprint density at radius 3 is 2.02 bits per heavy atom. The van der Waals surface area contributed by atoms with Crippen LogP contribution in [0.1, 0.15) is 58.6 Å². The minimum Gasteiger partial charge on any atom is -0.497 e. The van der Waals surface area contributed by atoms with E-state index in [1.54, 1.807) is 31.4 Å². The van der Waals surface area contributed by atoms with Crippen LogP contribution in [0, 0.1) is 10.1 Å². The molecule has 1 unspecified atom stereocenters. The highest BCUT2D eigenvalue weighted by Gasteiger charge is 2.31. The minimum absolute atomic E-state index is 0.117. The van der Waals surface area contributed by atoms with Gasteiger partial charge in [0.2, 0.25) is 5.82 Å². The topological polar surface area (TPSA) is 119 Å². The van der Waals surface area contributed by atoms with Gasteiger partial charge in [0, 0.05) is 38.4 Å². The van der Waals surface area contributed by atoms with Gasteiger partial charge < -0.3 is 29.3 Å². The fourth-order valence-electron chi connectivity index (χ4n) is 4.89. The van der Waals surface area contributed by atoms with Crippen molar-refractivity contribution < 1.29 is 23.9 Å². The summed E-state index contributed by atoms with van der Waals surface area (Å²) in [5.74, 6) is 1.70. The fraction of sp³-hybridized carbons (Fsp3) is 0.455. The number of amides is 1. The molecule has 2 aromatic carbocycles. The molecule has 44 heavy (non-hydrogen) atoms. The van der Waals surface area contributed by atoms with Crippen LogP contribution in [0.15, 0.2) is 60.8 Å². The first-order valence-electron chi connectivity index (χ1n) is 14.9. The van der Waals surface area contributed by atoms with Crippen molar-refractivity contribution in [2.45, 2.75) is 72.2 Å². The van der Waals surface area contributed by atoms with Gasteiger partial charge in [-0.3, -0.25) is 10.1 Å². The van der Waals surface area contributed by atoms with Crippen LogP contribution < -0.4 is 19.7 Å². The SMILES string of the molecule is CC.COc1ccc(CN(Cc2ccc(OC)cc2)c2nccc(NC3CCCN(C(=O)OC(C)(C)C)C3)c2[N+](=O)[O-])cc1. The minimum atomic E-state index is -0.604. The maximum Gasteiger partial charge on any atom is 0.410 e. The van der Waals surface area contributed by atoms with Crippen LogP contribution in [-0.4, -0.2) is 59.9 Å². The van der Waals surface area contributed by atoms with Crippen LogP contribution in [0.4, 0.5) is 22.0 Å². The lowest BCUT2D eigenvalue weighted by molar-refractivity contribution is -0.383. The molecule has 3 aromatic rings. The Balaban J connectivity index is 0.00000259. The molecule has 1 aliphatic rings. The Labute approximate surface area is 260 Å². The van der Waals surface area contributed by atoms with E-state index in [9.17, 15) is 14.9 Å². The number of piperidine rings is 1. The zero-order chi connectivity index (χ0) is 32.3. The van der Waals surface area contributed by atoms with Crippen molar-refractivity contribution in [3.63, 3.8) is 0 Å². The Kier molecular flexibility index (Phi) is 12.2. The number of benzene rings is 2. The molecule has 1 N–H and O–H groups in total. The van der Waals surface area contributed by atoms with Gasteiger partial charge in [-0.2, -0.15) is 0 Å². The van der Waals surface area contributed by atoms with Crippen LogP contribution in [0.5, 0.6) is 11.5 Å². The van der Waals surface area contributed by atoms with E-state index in [1.807, 2.05) is 88.0 Å². The maximum absolute atomic E-state index is 12.7. The molecule has 4 rings (SSSR count). The third kappa shape index (κ3) is 9.48. The largest absolute Gasteiger partial charge is 0.497 e. The van der Waals surface area contributed by atoms with Gasteiger partial charge in [0.1, 0.15) is 22.8 Å². The first kappa shape index (κ1) is 34.0. The predicted octanol–water partition coefficient (Wildman–Crippen LogP) is 7.05. The van der Waals surface area contributed by atoms with E-state index in [4.69, 9.17) is 14.2 Å². The lowest BCUT2D eigenvalue weighted by atomic mass is 10.1. The Morgan fingerprint density at radius 1 is 1.00 bits per heavy atom. The van der Waals surface area contributed by atoms with Crippen molar-refractivity contribution >= 4 is 23.3 Å². The van der Waals surface area contributed by atoms with Crippen LogP contribution >= 0.6 is 0 Å². The second-order valence-corrected chi connectivity index (χ2v) is 11.2. The molecule has 238 valence electrons. The third-order valence-electron chi connectivity index (χ3n) is 6.88. The molecule has 1 aromatic heterocycles. The van der Waals surface area contributed by atoms with Crippen molar-refractivity contribution in [3.8, 4) is 11.5 Å². The number of anilines is 2. The van der Waals surface area contributed by atoms with Crippen molar-refractivity contribution in [2.75, 3.05) is 37.5 Å². The van der Waals surface area contributed by atoms with Crippen molar-refractivity contribution in [1.82, 2.24) is 9.88 Å². The molecule has 0 bridgehead atoms. The zero-order valence-corrected chi connectivity index (χ0v) is 26.8. The van der Waals surface area contributed by atoms with Crippen LogP contribution in [0.3, 0.4) is 0 Å². The highest BCUT2D eigenvalue weighted by atomic mass is 16.6. The van der Waals surface area contributed by atoms with Gasteiger partial charge in [-0.25, -0.2) is 9.78 Å². The molecule has 0 radical (unpaired) electrons. The van der Waals surface area contributed by atoms with Gasteiger partial charge in [-0.15, -0.1) is 0 Å². The molecule has 1 saturated heterocycles. The van der Waals surface area contributed by atoms with Crippen LogP contribution in [0.25, 0.3) is 0 Å². The first-order chi connectivity index (χ1) is 21.1. The number of carbonyl (C=O) groups excluding carboxylic acids is 1. The summed E-state index contributed by atoms with van der Waals surface area (Å²) in [6, 6.07) is 16.6. The number of hydrogen-bond donors (Lipinski definition) is 1. The summed E-state index contributed by atoms with van der Waals surface area (Å²) in [4.78, 5) is 32.9. The summed E-state index contributed by atoms with van der Waals surface area (Å²) in [5.41, 5.74) is 1.52. The van der Waals surface area contributed by atoms with E-state index in [0.29, 0.717) is 31.9 Å². The summed E-state index contributed by atoms with van der Waals surface area (Å²) in [5, 5.41) is 15.9. The second kappa shape index (κ2) is 15.8. The van der Waals surface area contributed by atoms with Crippen molar-refractivity contribution in [1.29, 1.82) is 0 Å². The molecule has 0 spiro atoms. The van der Waals surface area contributed by atoms with Gasteiger partial charge in [0.15, 0.2) is 0 Å². The van der Waals surface area contributed by atoms with Crippen LogP contribution in [-0.2, 0) is 17.8 Å². The number of likely N-dealkylation sites (tertiary alicyclic amines) is 1. The molecule has 1 aliphatic heterocycles. The average Bonchev–Trinajstić information content (AvgIpc) is 3.01. The number of hydrogen-bond acceptors (Lipinski definition) is 9. The smallest absolute Gasteiger partial charge is 0.410 e. The maximum atomic E-state index is 12.7. The quantitative estimate of drug-likeness (QED) is 0.191. The highest BCUT2D eigenvalue weighted by Crippen LogP contribution is 2.36. The molecule has 2 heterocycles. The van der Waals surface area contributed by atoms with Crippen LogP contribution in [0.2, 0.25) is 0 Å². The lowest BCUT2D eigenvalue weighted by Crippen LogP contribution is -2.47. The molecule has 0 saturated carbocycles. The van der Waals surface area contributed by atoms with Crippen molar-refractivity contribution in [2.24, 2.45) is 0 Å². The Bertz CT molecular complexity index is 1310. The fourth-order valence-corrected chi connectivity index (χ4v) is 4.89. The van der Waals surface area contributed by atoms with E-state index in [1.165, 1.54) is 0 Å². The molecular formula is C33H45N5O6. The summed E-state index contributed by atoms with van der Waals surface area (Å²) in [6.45, 7) is 11.2. The summed E-state index contributed by atoms with van der Waals surface area (Å²) >= 11 is 0. The number of carbonyl (C=O) groups is 1. The first-order valence-corrected chi connectivity index (χ1v) is 14.9. The summed E-state index contributed by atoms with van der Waals surface area (Å²) in [6.07, 6.45) is 2.71. The van der Waals surface area contributed by atoms with E-state index in [0.717, 1.165) is 35.5 Å². The third-order valence-corrected chi connectivity index (χ3v) is 6.88. The molecule has 1 fully saturated rings. The number of pyridine rings is 1. The van der Waals surface area contributed by atoms with E-state index in [2.05, 4.69) is 10.3 Å². The van der Waals surface area contributed by atoms with E-state index >= 15 is 0 Å². The van der Waals surface area contributed by atoms with Gasteiger partial charge in [-0.05, 0) is 75.1 Å². The Morgan fingerprint density at radius 2 is 1.55 bits per heavy atom. The number of nitrogens with zero attached hydrogens (tertiary/aromatic N) is 4. The van der Waals surface area contributed by atoms with Gasteiger partial charge in [0.25, 0.3) is 0 Å². The normalized spacial score (nSPS) is 14.5. The molecule has 1 amide bonds. The molecular weight excluding hydrogens is 562 g/mol.